The fraction of sp³-hybridized carbons (Fsp3) is 0.0833. The molecule has 1 heterocycles. The predicted molar refractivity (Wildman–Crippen MR) is 72.2 cm³/mol. The molecular weight excluding hydrogens is 306 g/mol. The maximum Gasteiger partial charge on any atom is 0.101 e. The first-order valence-corrected chi connectivity index (χ1v) is 6.71. The predicted octanol–water partition coefficient (Wildman–Crippen LogP) is 4.96. The highest BCUT2D eigenvalue weighted by atomic mass is 79.9. The van der Waals surface area contributed by atoms with E-state index < -0.39 is 0 Å². The second kappa shape index (κ2) is 5.21. The van der Waals surface area contributed by atoms with Crippen molar-refractivity contribution in [3.05, 3.63) is 51.6 Å². The van der Waals surface area contributed by atoms with Crippen molar-refractivity contribution in [3.8, 4) is 0 Å². The molecule has 0 radical (unpaired) electrons. The van der Waals surface area contributed by atoms with Crippen molar-refractivity contribution >= 4 is 39.3 Å². The SMILES string of the molecule is Cc1nc(Sc2ccccc2Cl)ccc1Br. The van der Waals surface area contributed by atoms with Crippen LogP contribution in [0, 0.1) is 6.92 Å². The van der Waals surface area contributed by atoms with E-state index in [4.69, 9.17) is 11.6 Å². The molecule has 0 saturated carbocycles. The molecule has 0 saturated heterocycles. The number of hydrogen-bond donors (Lipinski definition) is 0. The Morgan fingerprint density at radius 2 is 1.94 bits per heavy atom. The summed E-state index contributed by atoms with van der Waals surface area (Å²) in [5, 5.41) is 1.71. The van der Waals surface area contributed by atoms with Crippen LogP contribution in [-0.4, -0.2) is 4.98 Å². The Hall–Kier alpha value is -0.510. The zero-order valence-electron chi connectivity index (χ0n) is 8.58. The smallest absolute Gasteiger partial charge is 0.101 e. The number of benzene rings is 1. The standard InChI is InChI=1S/C12H9BrClNS/c1-8-9(13)6-7-12(15-8)16-11-5-3-2-4-10(11)14/h2-7H,1H3. The van der Waals surface area contributed by atoms with E-state index in [0.29, 0.717) is 0 Å². The Morgan fingerprint density at radius 3 is 2.62 bits per heavy atom. The summed E-state index contributed by atoms with van der Waals surface area (Å²) in [5.74, 6) is 0. The summed E-state index contributed by atoms with van der Waals surface area (Å²) >= 11 is 11.1. The zero-order chi connectivity index (χ0) is 11.5. The lowest BCUT2D eigenvalue weighted by Gasteiger charge is -2.04. The Bertz CT molecular complexity index is 516. The van der Waals surface area contributed by atoms with Gasteiger partial charge in [0.15, 0.2) is 0 Å². The molecule has 0 bridgehead atoms. The number of pyridine rings is 1. The average molecular weight is 315 g/mol. The van der Waals surface area contributed by atoms with Crippen LogP contribution in [0.5, 0.6) is 0 Å². The number of aromatic nitrogens is 1. The number of halogens is 2. The second-order valence-electron chi connectivity index (χ2n) is 3.25. The fourth-order valence-electron chi connectivity index (χ4n) is 1.22. The van der Waals surface area contributed by atoms with Crippen molar-refractivity contribution in [1.29, 1.82) is 0 Å². The van der Waals surface area contributed by atoms with E-state index >= 15 is 0 Å². The lowest BCUT2D eigenvalue weighted by molar-refractivity contribution is 1.05. The summed E-state index contributed by atoms with van der Waals surface area (Å²) in [7, 11) is 0. The van der Waals surface area contributed by atoms with Crippen LogP contribution in [0.3, 0.4) is 0 Å². The van der Waals surface area contributed by atoms with Crippen LogP contribution in [0.15, 0.2) is 50.8 Å². The van der Waals surface area contributed by atoms with Crippen molar-refractivity contribution in [2.24, 2.45) is 0 Å². The van der Waals surface area contributed by atoms with Crippen molar-refractivity contribution in [2.45, 2.75) is 16.8 Å². The van der Waals surface area contributed by atoms with E-state index in [0.717, 1.165) is 25.1 Å². The Balaban J connectivity index is 2.28. The Kier molecular flexibility index (Phi) is 3.90. The van der Waals surface area contributed by atoms with E-state index in [-0.39, 0.29) is 0 Å². The summed E-state index contributed by atoms with van der Waals surface area (Å²) in [6.07, 6.45) is 0. The molecular formula is C12H9BrClNS. The van der Waals surface area contributed by atoms with Gasteiger partial charge < -0.3 is 0 Å². The lowest BCUT2D eigenvalue weighted by atomic mass is 10.4. The lowest BCUT2D eigenvalue weighted by Crippen LogP contribution is -1.85. The van der Waals surface area contributed by atoms with Gasteiger partial charge >= 0.3 is 0 Å². The number of rotatable bonds is 2. The topological polar surface area (TPSA) is 12.9 Å². The molecule has 0 spiro atoms. The molecule has 1 nitrogen and oxygen atoms in total. The molecule has 1 aromatic heterocycles. The van der Waals surface area contributed by atoms with Crippen LogP contribution in [0.1, 0.15) is 5.69 Å². The van der Waals surface area contributed by atoms with E-state index in [2.05, 4.69) is 20.9 Å². The minimum absolute atomic E-state index is 0.759. The van der Waals surface area contributed by atoms with Crippen LogP contribution < -0.4 is 0 Å². The number of hydrogen-bond acceptors (Lipinski definition) is 2. The van der Waals surface area contributed by atoms with Gasteiger partial charge in [-0.2, -0.15) is 0 Å². The summed E-state index contributed by atoms with van der Waals surface area (Å²) in [5.41, 5.74) is 0.983. The van der Waals surface area contributed by atoms with E-state index in [1.165, 1.54) is 0 Å². The summed E-state index contributed by atoms with van der Waals surface area (Å²) in [6.45, 7) is 1.97. The van der Waals surface area contributed by atoms with Gasteiger partial charge in [0, 0.05) is 9.37 Å². The van der Waals surface area contributed by atoms with E-state index in [1.54, 1.807) is 11.8 Å². The average Bonchev–Trinajstić information content (AvgIpc) is 2.27. The van der Waals surface area contributed by atoms with Crippen molar-refractivity contribution in [2.75, 3.05) is 0 Å². The molecule has 2 aromatic rings. The van der Waals surface area contributed by atoms with Crippen molar-refractivity contribution in [1.82, 2.24) is 4.98 Å². The molecule has 0 atom stereocenters. The van der Waals surface area contributed by atoms with Crippen LogP contribution >= 0.6 is 39.3 Å². The van der Waals surface area contributed by atoms with Gasteiger partial charge in [0.2, 0.25) is 0 Å². The number of aryl methyl sites for hydroxylation is 1. The molecule has 1 aromatic carbocycles. The van der Waals surface area contributed by atoms with Crippen LogP contribution in [0.2, 0.25) is 5.02 Å². The van der Waals surface area contributed by atoms with Gasteiger partial charge in [-0.1, -0.05) is 35.5 Å². The normalized spacial score (nSPS) is 10.4. The minimum Gasteiger partial charge on any atom is -0.245 e. The maximum absolute atomic E-state index is 6.09. The third-order valence-corrected chi connectivity index (χ3v) is 4.34. The Morgan fingerprint density at radius 1 is 1.19 bits per heavy atom. The van der Waals surface area contributed by atoms with Gasteiger partial charge in [0.1, 0.15) is 5.03 Å². The van der Waals surface area contributed by atoms with Gasteiger partial charge in [-0.25, -0.2) is 4.98 Å². The molecule has 0 fully saturated rings. The Labute approximate surface area is 112 Å². The molecule has 0 amide bonds. The van der Waals surface area contributed by atoms with Crippen molar-refractivity contribution < 1.29 is 0 Å². The summed E-state index contributed by atoms with van der Waals surface area (Å²) in [6, 6.07) is 11.8. The highest BCUT2D eigenvalue weighted by Crippen LogP contribution is 2.32. The van der Waals surface area contributed by atoms with Crippen LogP contribution in [-0.2, 0) is 0 Å². The monoisotopic (exact) mass is 313 g/mol. The van der Waals surface area contributed by atoms with E-state index in [1.807, 2.05) is 43.3 Å². The fourth-order valence-corrected chi connectivity index (χ4v) is 2.55. The summed E-state index contributed by atoms with van der Waals surface area (Å²) < 4.78 is 1.02. The van der Waals surface area contributed by atoms with Gasteiger partial charge in [0.25, 0.3) is 0 Å². The first-order valence-electron chi connectivity index (χ1n) is 4.72. The number of nitrogens with zero attached hydrogens (tertiary/aromatic N) is 1. The largest absolute Gasteiger partial charge is 0.245 e. The van der Waals surface area contributed by atoms with Crippen molar-refractivity contribution in [3.63, 3.8) is 0 Å². The molecule has 0 aliphatic rings. The van der Waals surface area contributed by atoms with Gasteiger partial charge in [-0.15, -0.1) is 0 Å². The first-order chi connectivity index (χ1) is 7.66. The quantitative estimate of drug-likeness (QED) is 0.777. The van der Waals surface area contributed by atoms with Gasteiger partial charge in [0.05, 0.1) is 10.7 Å². The summed E-state index contributed by atoms with van der Waals surface area (Å²) in [4.78, 5) is 5.49. The highest BCUT2D eigenvalue weighted by molar-refractivity contribution is 9.10. The molecule has 0 aliphatic carbocycles. The van der Waals surface area contributed by atoms with Crippen LogP contribution in [0.25, 0.3) is 0 Å². The van der Waals surface area contributed by atoms with Crippen LogP contribution in [0.4, 0.5) is 0 Å². The maximum atomic E-state index is 6.09. The molecule has 2 rings (SSSR count). The third kappa shape index (κ3) is 2.78. The molecule has 0 N–H and O–H groups in total. The molecule has 4 heteroatoms. The van der Waals surface area contributed by atoms with Gasteiger partial charge in [-0.3, -0.25) is 0 Å². The zero-order valence-corrected chi connectivity index (χ0v) is 11.7. The first kappa shape index (κ1) is 12.0. The molecule has 16 heavy (non-hydrogen) atoms. The molecule has 0 unspecified atom stereocenters. The third-order valence-electron chi connectivity index (χ3n) is 2.05. The highest BCUT2D eigenvalue weighted by Gasteiger charge is 2.04. The second-order valence-corrected chi connectivity index (χ2v) is 5.57. The van der Waals surface area contributed by atoms with Gasteiger partial charge in [-0.05, 0) is 47.1 Å². The molecule has 82 valence electrons. The van der Waals surface area contributed by atoms with E-state index in [9.17, 15) is 0 Å². The minimum atomic E-state index is 0.759. The molecule has 0 aliphatic heterocycles.